The number of nitrogens with one attached hydrogen (secondary N) is 2. The number of carbonyl (C=O) groups is 2. The van der Waals surface area contributed by atoms with Crippen molar-refractivity contribution in [2.24, 2.45) is 0 Å². The van der Waals surface area contributed by atoms with E-state index in [1.807, 2.05) is 18.2 Å². The van der Waals surface area contributed by atoms with Crippen molar-refractivity contribution in [1.82, 2.24) is 15.5 Å². The van der Waals surface area contributed by atoms with Gasteiger partial charge in [-0.1, -0.05) is 24.3 Å². The molecule has 106 valence electrons. The van der Waals surface area contributed by atoms with Crippen LogP contribution in [-0.2, 0) is 16.1 Å². The summed E-state index contributed by atoms with van der Waals surface area (Å²) in [5, 5.41) is 6.09. The van der Waals surface area contributed by atoms with Gasteiger partial charge in [-0.05, 0) is 17.5 Å². The molecular formula is C15H19N3O2. The Balaban J connectivity index is 1.82. The van der Waals surface area contributed by atoms with E-state index in [1.165, 1.54) is 5.56 Å². The molecule has 1 unspecified atom stereocenters. The number of rotatable bonds is 1. The van der Waals surface area contributed by atoms with Gasteiger partial charge in [0.25, 0.3) is 0 Å². The van der Waals surface area contributed by atoms with E-state index < -0.39 is 0 Å². The van der Waals surface area contributed by atoms with E-state index in [9.17, 15) is 9.59 Å². The summed E-state index contributed by atoms with van der Waals surface area (Å²) in [4.78, 5) is 26.0. The molecule has 2 aliphatic heterocycles. The van der Waals surface area contributed by atoms with Crippen LogP contribution < -0.4 is 10.6 Å². The molecule has 2 heterocycles. The second-order valence-corrected chi connectivity index (χ2v) is 5.35. The van der Waals surface area contributed by atoms with E-state index in [0.29, 0.717) is 19.6 Å². The lowest BCUT2D eigenvalue weighted by Crippen LogP contribution is -2.44. The Morgan fingerprint density at radius 1 is 1.30 bits per heavy atom. The molecular weight excluding hydrogens is 254 g/mol. The van der Waals surface area contributed by atoms with E-state index >= 15 is 0 Å². The van der Waals surface area contributed by atoms with Crippen LogP contribution in [-0.4, -0.2) is 42.9 Å². The number of benzene rings is 1. The third kappa shape index (κ3) is 2.54. The second-order valence-electron chi connectivity index (χ2n) is 5.35. The molecule has 0 spiro atoms. The average molecular weight is 273 g/mol. The van der Waals surface area contributed by atoms with Crippen molar-refractivity contribution in [3.8, 4) is 0 Å². The molecule has 5 heteroatoms. The summed E-state index contributed by atoms with van der Waals surface area (Å²) in [6, 6.07) is 8.04. The van der Waals surface area contributed by atoms with Crippen molar-refractivity contribution in [3.05, 3.63) is 35.4 Å². The van der Waals surface area contributed by atoms with Gasteiger partial charge in [0, 0.05) is 26.2 Å². The summed E-state index contributed by atoms with van der Waals surface area (Å²) in [5.41, 5.74) is 2.28. The third-order valence-corrected chi connectivity index (χ3v) is 3.97. The molecule has 1 saturated heterocycles. The van der Waals surface area contributed by atoms with Gasteiger partial charge in [-0.3, -0.25) is 9.59 Å². The highest BCUT2D eigenvalue weighted by atomic mass is 16.2. The van der Waals surface area contributed by atoms with Gasteiger partial charge in [0.2, 0.25) is 11.8 Å². The minimum absolute atomic E-state index is 0.0571. The number of carbonyl (C=O) groups excluding carboxylic acids is 2. The minimum atomic E-state index is -0.175. The van der Waals surface area contributed by atoms with Crippen molar-refractivity contribution < 1.29 is 9.59 Å². The highest BCUT2D eigenvalue weighted by Gasteiger charge is 2.31. The number of fused-ring (bicyclic) bond motifs is 1. The summed E-state index contributed by atoms with van der Waals surface area (Å²) in [5.74, 6) is -0.180. The zero-order chi connectivity index (χ0) is 13.9. The first kappa shape index (κ1) is 13.1. The maximum absolute atomic E-state index is 12.7. The normalized spacial score (nSPS) is 22.7. The first-order valence-corrected chi connectivity index (χ1v) is 7.10. The first-order chi connectivity index (χ1) is 9.75. The Labute approximate surface area is 118 Å². The summed E-state index contributed by atoms with van der Waals surface area (Å²) < 4.78 is 0. The van der Waals surface area contributed by atoms with E-state index in [4.69, 9.17) is 0 Å². The van der Waals surface area contributed by atoms with Crippen LogP contribution in [0.4, 0.5) is 0 Å². The Hall–Kier alpha value is -1.88. The Morgan fingerprint density at radius 3 is 3.05 bits per heavy atom. The van der Waals surface area contributed by atoms with Crippen LogP contribution in [0.5, 0.6) is 0 Å². The van der Waals surface area contributed by atoms with Crippen molar-refractivity contribution >= 4 is 11.8 Å². The van der Waals surface area contributed by atoms with Crippen LogP contribution in [0.15, 0.2) is 24.3 Å². The van der Waals surface area contributed by atoms with E-state index in [0.717, 1.165) is 18.5 Å². The average Bonchev–Trinajstić information content (AvgIpc) is 2.70. The highest BCUT2D eigenvalue weighted by Crippen LogP contribution is 2.25. The van der Waals surface area contributed by atoms with Gasteiger partial charge in [-0.15, -0.1) is 0 Å². The molecule has 1 aromatic rings. The summed E-state index contributed by atoms with van der Waals surface area (Å²) in [6.45, 7) is 2.93. The molecule has 2 N–H and O–H groups in total. The molecule has 0 aliphatic carbocycles. The van der Waals surface area contributed by atoms with Crippen molar-refractivity contribution in [1.29, 1.82) is 0 Å². The number of amides is 2. The molecule has 0 bridgehead atoms. The summed E-state index contributed by atoms with van der Waals surface area (Å²) in [7, 11) is 0. The molecule has 1 aromatic carbocycles. The fourth-order valence-corrected chi connectivity index (χ4v) is 2.93. The van der Waals surface area contributed by atoms with Gasteiger partial charge in [0.1, 0.15) is 0 Å². The standard InChI is InChI=1S/C15H19N3O2/c19-14-10-18(7-3-6-17-14)15(20)13-9-16-8-11-4-1-2-5-12(11)13/h1-2,4-5,13,16H,3,6-10H2,(H,17,19). The molecule has 0 radical (unpaired) electrons. The summed E-state index contributed by atoms with van der Waals surface area (Å²) in [6.07, 6.45) is 0.819. The maximum Gasteiger partial charge on any atom is 0.239 e. The van der Waals surface area contributed by atoms with Gasteiger partial charge in [0.15, 0.2) is 0 Å². The summed E-state index contributed by atoms with van der Waals surface area (Å²) >= 11 is 0. The highest BCUT2D eigenvalue weighted by molar-refractivity contribution is 5.89. The monoisotopic (exact) mass is 273 g/mol. The van der Waals surface area contributed by atoms with Crippen molar-refractivity contribution in [2.45, 2.75) is 18.9 Å². The Morgan fingerprint density at radius 2 is 2.15 bits per heavy atom. The first-order valence-electron chi connectivity index (χ1n) is 7.10. The second kappa shape index (κ2) is 5.63. The SMILES string of the molecule is O=C1CN(C(=O)C2CNCc3ccccc32)CCCN1. The quantitative estimate of drug-likeness (QED) is 0.769. The van der Waals surface area contributed by atoms with Gasteiger partial charge in [-0.25, -0.2) is 0 Å². The third-order valence-electron chi connectivity index (χ3n) is 3.97. The fraction of sp³-hybridized carbons (Fsp3) is 0.467. The molecule has 1 atom stereocenters. The van der Waals surface area contributed by atoms with Crippen molar-refractivity contribution in [3.63, 3.8) is 0 Å². The van der Waals surface area contributed by atoms with Crippen molar-refractivity contribution in [2.75, 3.05) is 26.2 Å². The zero-order valence-electron chi connectivity index (χ0n) is 11.4. The predicted molar refractivity (Wildman–Crippen MR) is 75.1 cm³/mol. The lowest BCUT2D eigenvalue weighted by Gasteiger charge is -2.30. The van der Waals surface area contributed by atoms with Crippen LogP contribution in [0.25, 0.3) is 0 Å². The fourth-order valence-electron chi connectivity index (χ4n) is 2.93. The smallest absolute Gasteiger partial charge is 0.239 e. The van der Waals surface area contributed by atoms with Crippen LogP contribution in [0.1, 0.15) is 23.5 Å². The molecule has 2 amide bonds. The molecule has 20 heavy (non-hydrogen) atoms. The lowest BCUT2D eigenvalue weighted by atomic mass is 9.89. The topological polar surface area (TPSA) is 61.4 Å². The number of hydrogen-bond donors (Lipinski definition) is 2. The van der Waals surface area contributed by atoms with Gasteiger partial charge >= 0.3 is 0 Å². The number of hydrogen-bond acceptors (Lipinski definition) is 3. The molecule has 0 saturated carbocycles. The molecule has 1 fully saturated rings. The van der Waals surface area contributed by atoms with E-state index in [1.54, 1.807) is 4.90 Å². The van der Waals surface area contributed by atoms with Crippen LogP contribution in [0, 0.1) is 0 Å². The van der Waals surface area contributed by atoms with E-state index in [2.05, 4.69) is 16.7 Å². The minimum Gasteiger partial charge on any atom is -0.354 e. The predicted octanol–water partition coefficient (Wildman–Crippen LogP) is 0.222. The maximum atomic E-state index is 12.7. The van der Waals surface area contributed by atoms with Gasteiger partial charge in [0.05, 0.1) is 12.5 Å². The largest absolute Gasteiger partial charge is 0.354 e. The molecule has 5 nitrogen and oxygen atoms in total. The number of nitrogens with zero attached hydrogens (tertiary/aromatic N) is 1. The van der Waals surface area contributed by atoms with Gasteiger partial charge in [-0.2, -0.15) is 0 Å². The van der Waals surface area contributed by atoms with Crippen LogP contribution >= 0.6 is 0 Å². The molecule has 3 rings (SSSR count). The molecule has 2 aliphatic rings. The lowest BCUT2D eigenvalue weighted by molar-refractivity contribution is -0.136. The molecule has 0 aromatic heterocycles. The zero-order valence-corrected chi connectivity index (χ0v) is 11.4. The van der Waals surface area contributed by atoms with Crippen LogP contribution in [0.2, 0.25) is 0 Å². The van der Waals surface area contributed by atoms with Crippen LogP contribution in [0.3, 0.4) is 0 Å². The Bertz CT molecular complexity index is 530. The Kier molecular flexibility index (Phi) is 3.69. The van der Waals surface area contributed by atoms with Gasteiger partial charge < -0.3 is 15.5 Å². The van der Waals surface area contributed by atoms with E-state index in [-0.39, 0.29) is 24.3 Å².